The van der Waals surface area contributed by atoms with Crippen LogP contribution in [0.3, 0.4) is 0 Å². The van der Waals surface area contributed by atoms with Crippen LogP contribution in [0, 0.1) is 0 Å². The van der Waals surface area contributed by atoms with E-state index in [1.54, 1.807) is 0 Å². The van der Waals surface area contributed by atoms with Crippen molar-refractivity contribution in [3.8, 4) is 0 Å². The Morgan fingerprint density at radius 3 is 1.56 bits per heavy atom. The molecule has 3 aromatic rings. The molecule has 0 saturated heterocycles. The first-order valence-corrected chi connectivity index (χ1v) is 8.46. The Balaban J connectivity index is 1.90. The van der Waals surface area contributed by atoms with Crippen molar-refractivity contribution in [2.24, 2.45) is 11.5 Å². The first-order valence-electron chi connectivity index (χ1n) is 8.46. The molecular formula is C21H24N4. The Kier molecular flexibility index (Phi) is 5.80. The van der Waals surface area contributed by atoms with Crippen LogP contribution in [-0.2, 0) is 13.1 Å². The summed E-state index contributed by atoms with van der Waals surface area (Å²) in [7, 11) is 0. The number of benzene rings is 3. The van der Waals surface area contributed by atoms with Crippen LogP contribution in [0.1, 0.15) is 28.3 Å². The second-order valence-corrected chi connectivity index (χ2v) is 5.88. The average molecular weight is 332 g/mol. The third-order valence-corrected chi connectivity index (χ3v) is 4.28. The molecule has 0 unspecified atom stereocenters. The lowest BCUT2D eigenvalue weighted by Gasteiger charge is -2.23. The summed E-state index contributed by atoms with van der Waals surface area (Å²) >= 11 is 0. The summed E-state index contributed by atoms with van der Waals surface area (Å²) < 4.78 is 0. The molecule has 4 nitrogen and oxygen atoms in total. The van der Waals surface area contributed by atoms with E-state index in [1.165, 1.54) is 11.1 Å². The fourth-order valence-corrected chi connectivity index (χ4v) is 2.95. The van der Waals surface area contributed by atoms with E-state index >= 15 is 0 Å². The molecule has 6 N–H and O–H groups in total. The first kappa shape index (κ1) is 17.2. The van der Waals surface area contributed by atoms with Gasteiger partial charge in [0.05, 0.1) is 11.7 Å². The molecular weight excluding hydrogens is 308 g/mol. The minimum atomic E-state index is 0.0128. The minimum Gasteiger partial charge on any atom is -0.326 e. The largest absolute Gasteiger partial charge is 0.326 e. The van der Waals surface area contributed by atoms with Gasteiger partial charge in [0.25, 0.3) is 0 Å². The van der Waals surface area contributed by atoms with Crippen LogP contribution in [-0.4, -0.2) is 0 Å². The van der Waals surface area contributed by atoms with Crippen molar-refractivity contribution in [3.05, 3.63) is 101 Å². The van der Waals surface area contributed by atoms with Gasteiger partial charge in [-0.25, -0.2) is 5.43 Å². The summed E-state index contributed by atoms with van der Waals surface area (Å²) in [5.74, 6) is 0. The highest BCUT2D eigenvalue weighted by atomic mass is 15.4. The SMILES string of the molecule is NCc1cccc(CN)c1NNC(c1ccccc1)c1ccccc1. The van der Waals surface area contributed by atoms with Gasteiger partial charge in [0, 0.05) is 13.1 Å². The van der Waals surface area contributed by atoms with Gasteiger partial charge in [-0.15, -0.1) is 0 Å². The van der Waals surface area contributed by atoms with Gasteiger partial charge >= 0.3 is 0 Å². The first-order chi connectivity index (χ1) is 12.3. The van der Waals surface area contributed by atoms with E-state index < -0.39 is 0 Å². The van der Waals surface area contributed by atoms with Crippen LogP contribution < -0.4 is 22.3 Å². The zero-order valence-corrected chi connectivity index (χ0v) is 14.2. The van der Waals surface area contributed by atoms with Crippen LogP contribution in [0.15, 0.2) is 78.9 Å². The van der Waals surface area contributed by atoms with E-state index in [0.29, 0.717) is 13.1 Å². The monoisotopic (exact) mass is 332 g/mol. The van der Waals surface area contributed by atoms with Crippen LogP contribution in [0.25, 0.3) is 0 Å². The Morgan fingerprint density at radius 2 is 1.12 bits per heavy atom. The second-order valence-electron chi connectivity index (χ2n) is 5.88. The van der Waals surface area contributed by atoms with Gasteiger partial charge in [0.15, 0.2) is 0 Å². The van der Waals surface area contributed by atoms with Gasteiger partial charge in [-0.05, 0) is 22.3 Å². The molecule has 25 heavy (non-hydrogen) atoms. The second kappa shape index (κ2) is 8.44. The van der Waals surface area contributed by atoms with Crippen molar-refractivity contribution in [1.29, 1.82) is 0 Å². The van der Waals surface area contributed by atoms with Gasteiger partial charge in [-0.1, -0.05) is 78.9 Å². The molecule has 3 aromatic carbocycles. The molecule has 0 amide bonds. The Labute approximate surface area is 148 Å². The molecule has 0 bridgehead atoms. The number of para-hydroxylation sites is 1. The van der Waals surface area contributed by atoms with E-state index in [2.05, 4.69) is 35.1 Å². The predicted molar refractivity (Wildman–Crippen MR) is 104 cm³/mol. The zero-order chi connectivity index (χ0) is 17.5. The molecule has 0 aliphatic rings. The van der Waals surface area contributed by atoms with E-state index in [9.17, 15) is 0 Å². The maximum atomic E-state index is 5.89. The van der Waals surface area contributed by atoms with Crippen molar-refractivity contribution < 1.29 is 0 Å². The van der Waals surface area contributed by atoms with Crippen molar-refractivity contribution >= 4 is 5.69 Å². The molecule has 0 spiro atoms. The normalized spacial score (nSPS) is 10.8. The predicted octanol–water partition coefficient (Wildman–Crippen LogP) is 3.31. The number of anilines is 1. The summed E-state index contributed by atoms with van der Waals surface area (Å²) in [5, 5.41) is 0. The maximum Gasteiger partial charge on any atom is 0.0760 e. The topological polar surface area (TPSA) is 76.1 Å². The lowest BCUT2D eigenvalue weighted by atomic mass is 9.99. The Hall–Kier alpha value is -2.66. The van der Waals surface area contributed by atoms with Crippen molar-refractivity contribution in [1.82, 2.24) is 5.43 Å². The van der Waals surface area contributed by atoms with Gasteiger partial charge < -0.3 is 16.9 Å². The Morgan fingerprint density at radius 1 is 0.640 bits per heavy atom. The molecule has 0 aromatic heterocycles. The van der Waals surface area contributed by atoms with Crippen LogP contribution in [0.5, 0.6) is 0 Å². The molecule has 0 saturated carbocycles. The van der Waals surface area contributed by atoms with E-state index in [-0.39, 0.29) is 6.04 Å². The summed E-state index contributed by atoms with van der Waals surface area (Å²) in [6, 6.07) is 26.7. The molecule has 0 aliphatic heterocycles. The van der Waals surface area contributed by atoms with Crippen LogP contribution >= 0.6 is 0 Å². The van der Waals surface area contributed by atoms with Gasteiger partial charge in [0.2, 0.25) is 0 Å². The minimum absolute atomic E-state index is 0.0128. The number of hydrogen-bond donors (Lipinski definition) is 4. The fourth-order valence-electron chi connectivity index (χ4n) is 2.95. The van der Waals surface area contributed by atoms with E-state index in [1.807, 2.05) is 54.6 Å². The molecule has 4 heteroatoms. The van der Waals surface area contributed by atoms with Gasteiger partial charge in [-0.3, -0.25) is 0 Å². The molecule has 0 radical (unpaired) electrons. The van der Waals surface area contributed by atoms with Crippen molar-refractivity contribution in [3.63, 3.8) is 0 Å². The summed E-state index contributed by atoms with van der Waals surface area (Å²) in [6.07, 6.45) is 0. The van der Waals surface area contributed by atoms with Gasteiger partial charge in [-0.2, -0.15) is 0 Å². The third kappa shape index (κ3) is 4.06. The average Bonchev–Trinajstić information content (AvgIpc) is 2.69. The number of nitrogens with two attached hydrogens (primary N) is 2. The molecule has 3 rings (SSSR count). The highest BCUT2D eigenvalue weighted by molar-refractivity contribution is 5.57. The smallest absolute Gasteiger partial charge is 0.0760 e. The van der Waals surface area contributed by atoms with Crippen molar-refractivity contribution in [2.45, 2.75) is 19.1 Å². The number of rotatable bonds is 7. The molecule has 0 atom stereocenters. The number of hydrazine groups is 1. The summed E-state index contributed by atoms with van der Waals surface area (Å²) in [6.45, 7) is 0.915. The summed E-state index contributed by atoms with van der Waals surface area (Å²) in [5.41, 5.74) is 24.0. The van der Waals surface area contributed by atoms with E-state index in [4.69, 9.17) is 11.5 Å². The Bertz CT molecular complexity index is 726. The molecule has 0 heterocycles. The maximum absolute atomic E-state index is 5.89. The van der Waals surface area contributed by atoms with Crippen LogP contribution in [0.4, 0.5) is 5.69 Å². The third-order valence-electron chi connectivity index (χ3n) is 4.28. The number of hydrogen-bond acceptors (Lipinski definition) is 4. The molecule has 128 valence electrons. The highest BCUT2D eigenvalue weighted by Gasteiger charge is 2.14. The number of nitrogens with one attached hydrogen (secondary N) is 2. The highest BCUT2D eigenvalue weighted by Crippen LogP contribution is 2.24. The fraction of sp³-hybridized carbons (Fsp3) is 0.143. The van der Waals surface area contributed by atoms with Gasteiger partial charge in [0.1, 0.15) is 0 Å². The summed E-state index contributed by atoms with van der Waals surface area (Å²) in [4.78, 5) is 0. The lowest BCUT2D eigenvalue weighted by Crippen LogP contribution is -2.29. The van der Waals surface area contributed by atoms with Crippen LogP contribution in [0.2, 0.25) is 0 Å². The quantitative estimate of drug-likeness (QED) is 0.501. The zero-order valence-electron chi connectivity index (χ0n) is 14.2. The van der Waals surface area contributed by atoms with E-state index in [0.717, 1.165) is 16.8 Å². The standard InChI is InChI=1S/C21H24N4/c22-14-18-12-7-13-19(15-23)21(18)25-24-20(16-8-3-1-4-9-16)17-10-5-2-6-11-17/h1-13,20,24-25H,14-15,22-23H2. The molecule has 0 fully saturated rings. The molecule has 0 aliphatic carbocycles. The lowest BCUT2D eigenvalue weighted by molar-refractivity contribution is 0.679. The van der Waals surface area contributed by atoms with Crippen molar-refractivity contribution in [2.75, 3.05) is 5.43 Å².